The van der Waals surface area contributed by atoms with E-state index in [-0.39, 0.29) is 30.2 Å². The Morgan fingerprint density at radius 1 is 1.12 bits per heavy atom. The third-order valence-electron chi connectivity index (χ3n) is 5.48. The van der Waals surface area contributed by atoms with Gasteiger partial charge in [0.05, 0.1) is 22.1 Å². The van der Waals surface area contributed by atoms with Gasteiger partial charge in [-0.1, -0.05) is 17.7 Å². The van der Waals surface area contributed by atoms with Crippen LogP contribution in [0.1, 0.15) is 16.7 Å². The van der Waals surface area contributed by atoms with Gasteiger partial charge >= 0.3 is 6.18 Å². The minimum absolute atomic E-state index is 0.0378. The summed E-state index contributed by atoms with van der Waals surface area (Å²) in [5.41, 5.74) is -0.549. The van der Waals surface area contributed by atoms with Gasteiger partial charge in [0.2, 0.25) is 15.9 Å². The van der Waals surface area contributed by atoms with Gasteiger partial charge in [0.15, 0.2) is 0 Å². The van der Waals surface area contributed by atoms with E-state index in [1.807, 2.05) is 6.92 Å². The van der Waals surface area contributed by atoms with E-state index in [4.69, 9.17) is 5.26 Å². The number of likely N-dealkylation sites (N-methyl/N-ethyl adjacent to an activating group) is 1. The molecule has 1 amide bonds. The molecule has 1 atom stereocenters. The molecule has 33 heavy (non-hydrogen) atoms. The number of benzene rings is 2. The van der Waals surface area contributed by atoms with Crippen molar-refractivity contribution in [2.24, 2.45) is 0 Å². The van der Waals surface area contributed by atoms with Gasteiger partial charge in [-0.2, -0.15) is 22.7 Å². The lowest BCUT2D eigenvalue weighted by molar-refractivity contribution is -0.137. The normalized spacial score (nSPS) is 17.5. The van der Waals surface area contributed by atoms with Crippen molar-refractivity contribution in [1.29, 1.82) is 5.26 Å². The molecule has 1 unspecified atom stereocenters. The average Bonchev–Trinajstić information content (AvgIpc) is 2.77. The lowest BCUT2D eigenvalue weighted by Gasteiger charge is -2.41. The summed E-state index contributed by atoms with van der Waals surface area (Å²) in [5.74, 6) is -0.486. The summed E-state index contributed by atoms with van der Waals surface area (Å²) in [6, 6.07) is 9.95. The fraction of sp³-hybridized carbons (Fsp3) is 0.364. The molecule has 11 heteroatoms. The van der Waals surface area contributed by atoms with E-state index in [9.17, 15) is 26.4 Å². The second kappa shape index (κ2) is 9.03. The van der Waals surface area contributed by atoms with Crippen molar-refractivity contribution in [3.8, 4) is 6.07 Å². The number of alkyl halides is 3. The molecule has 2 aromatic rings. The van der Waals surface area contributed by atoms with Gasteiger partial charge in [-0.15, -0.1) is 0 Å². The van der Waals surface area contributed by atoms with Crippen LogP contribution in [0.25, 0.3) is 0 Å². The molecule has 0 radical (unpaired) electrons. The molecule has 0 bridgehead atoms. The highest BCUT2D eigenvalue weighted by molar-refractivity contribution is 7.89. The predicted molar refractivity (Wildman–Crippen MR) is 116 cm³/mol. The van der Waals surface area contributed by atoms with Crippen LogP contribution in [0, 0.1) is 18.3 Å². The van der Waals surface area contributed by atoms with Gasteiger partial charge in [0.1, 0.15) is 6.04 Å². The molecule has 1 heterocycles. The number of piperazine rings is 1. The molecule has 0 saturated carbocycles. The Balaban J connectivity index is 1.99. The van der Waals surface area contributed by atoms with Crippen LogP contribution in [-0.4, -0.2) is 63.3 Å². The maximum atomic E-state index is 13.4. The number of anilines is 1. The van der Waals surface area contributed by atoms with Gasteiger partial charge in [-0.05, 0) is 37.3 Å². The van der Waals surface area contributed by atoms with E-state index in [0.29, 0.717) is 0 Å². The molecule has 0 aromatic heterocycles. The van der Waals surface area contributed by atoms with Crippen LogP contribution < -0.4 is 4.90 Å². The van der Waals surface area contributed by atoms with Crippen molar-refractivity contribution >= 4 is 21.6 Å². The molecular weight excluding hydrogens is 457 g/mol. The van der Waals surface area contributed by atoms with Gasteiger partial charge in [-0.25, -0.2) is 8.42 Å². The smallest absolute Gasteiger partial charge is 0.368 e. The number of nitrogens with zero attached hydrogens (tertiary/aromatic N) is 4. The first-order valence-electron chi connectivity index (χ1n) is 10.0. The highest BCUT2D eigenvalue weighted by Gasteiger charge is 2.41. The minimum Gasteiger partial charge on any atom is -0.368 e. The molecular formula is C22H23F3N4O3S. The summed E-state index contributed by atoms with van der Waals surface area (Å²) in [6.07, 6.45) is -4.73. The number of halogens is 3. The molecule has 7 nitrogen and oxygen atoms in total. The van der Waals surface area contributed by atoms with Crippen LogP contribution in [0.15, 0.2) is 47.4 Å². The zero-order chi connectivity index (χ0) is 24.6. The summed E-state index contributed by atoms with van der Waals surface area (Å²) in [5, 5.41) is 9.02. The largest absolute Gasteiger partial charge is 0.417 e. The van der Waals surface area contributed by atoms with Crippen LogP contribution in [0.5, 0.6) is 0 Å². The number of hydrogen-bond donors (Lipinski definition) is 0. The lowest BCUT2D eigenvalue weighted by atomic mass is 10.1. The molecule has 1 aliphatic rings. The number of rotatable bonds is 4. The highest BCUT2D eigenvalue weighted by atomic mass is 32.2. The molecule has 2 aromatic carbocycles. The van der Waals surface area contributed by atoms with Crippen LogP contribution in [0.3, 0.4) is 0 Å². The third kappa shape index (κ3) is 4.96. The van der Waals surface area contributed by atoms with E-state index in [2.05, 4.69) is 0 Å². The molecule has 1 aliphatic heterocycles. The zero-order valence-corrected chi connectivity index (χ0v) is 19.1. The fourth-order valence-corrected chi connectivity index (χ4v) is 5.26. The molecule has 1 fully saturated rings. The number of aryl methyl sites for hydroxylation is 1. The van der Waals surface area contributed by atoms with Crippen molar-refractivity contribution < 1.29 is 26.4 Å². The summed E-state index contributed by atoms with van der Waals surface area (Å²) in [6.45, 7) is 1.67. The highest BCUT2D eigenvalue weighted by Crippen LogP contribution is 2.35. The standard InChI is InChI=1S/C22H23F3N4O3S/c1-15-4-8-18(9-5-15)33(31,32)29-11-10-28(14-20(29)21(30)27(2)3)17-7-6-16(13-26)19(12-17)22(23,24)25/h4-9,12,20H,10-11,14H2,1-3H3. The topological polar surface area (TPSA) is 84.7 Å². The van der Waals surface area contributed by atoms with E-state index in [1.165, 1.54) is 48.2 Å². The number of hydrogen-bond acceptors (Lipinski definition) is 5. The quantitative estimate of drug-likeness (QED) is 0.672. The third-order valence-corrected chi connectivity index (χ3v) is 7.40. The second-order valence-electron chi connectivity index (χ2n) is 7.96. The number of sulfonamides is 1. The summed E-state index contributed by atoms with van der Waals surface area (Å²) >= 11 is 0. The summed E-state index contributed by atoms with van der Waals surface area (Å²) < 4.78 is 67.9. The molecule has 1 saturated heterocycles. The monoisotopic (exact) mass is 480 g/mol. The minimum atomic E-state index is -4.73. The van der Waals surface area contributed by atoms with Crippen LogP contribution in [-0.2, 0) is 21.0 Å². The van der Waals surface area contributed by atoms with E-state index >= 15 is 0 Å². The average molecular weight is 481 g/mol. The predicted octanol–water partition coefficient (Wildman–Crippen LogP) is 2.85. The summed E-state index contributed by atoms with van der Waals surface area (Å²) in [7, 11) is -1.04. The van der Waals surface area contributed by atoms with Crippen LogP contribution in [0.2, 0.25) is 0 Å². The molecule has 0 aliphatic carbocycles. The van der Waals surface area contributed by atoms with Crippen molar-refractivity contribution in [2.75, 3.05) is 38.6 Å². The summed E-state index contributed by atoms with van der Waals surface area (Å²) in [4.78, 5) is 15.7. The first kappa shape index (κ1) is 24.5. The Bertz CT molecular complexity index is 1190. The maximum Gasteiger partial charge on any atom is 0.417 e. The van der Waals surface area contributed by atoms with E-state index in [1.54, 1.807) is 12.1 Å². The van der Waals surface area contributed by atoms with Gasteiger partial charge in [0.25, 0.3) is 0 Å². The molecule has 3 rings (SSSR count). The number of amides is 1. The Morgan fingerprint density at radius 3 is 2.30 bits per heavy atom. The molecule has 0 N–H and O–H groups in total. The van der Waals surface area contributed by atoms with Gasteiger partial charge < -0.3 is 9.80 Å². The number of carbonyl (C=O) groups excluding carboxylic acids is 1. The Kier molecular flexibility index (Phi) is 6.72. The van der Waals surface area contributed by atoms with Crippen molar-refractivity contribution in [3.05, 3.63) is 59.2 Å². The van der Waals surface area contributed by atoms with E-state index < -0.39 is 39.3 Å². The van der Waals surface area contributed by atoms with Gasteiger partial charge in [-0.3, -0.25) is 4.79 Å². The van der Waals surface area contributed by atoms with Crippen molar-refractivity contribution in [3.63, 3.8) is 0 Å². The number of nitriles is 1. The van der Waals surface area contributed by atoms with Crippen LogP contribution >= 0.6 is 0 Å². The lowest BCUT2D eigenvalue weighted by Crippen LogP contribution is -2.60. The Morgan fingerprint density at radius 2 is 1.76 bits per heavy atom. The van der Waals surface area contributed by atoms with E-state index in [0.717, 1.165) is 22.0 Å². The SMILES string of the molecule is Cc1ccc(S(=O)(=O)N2CCN(c3ccc(C#N)c(C(F)(F)F)c3)CC2C(=O)N(C)C)cc1. The Hall–Kier alpha value is -3.10. The maximum absolute atomic E-state index is 13.4. The van der Waals surface area contributed by atoms with Crippen molar-refractivity contribution in [1.82, 2.24) is 9.21 Å². The number of carbonyl (C=O) groups is 1. The van der Waals surface area contributed by atoms with Gasteiger partial charge in [0, 0.05) is 39.4 Å². The van der Waals surface area contributed by atoms with Crippen molar-refractivity contribution in [2.45, 2.75) is 24.0 Å². The first-order valence-corrected chi connectivity index (χ1v) is 11.5. The fourth-order valence-electron chi connectivity index (χ4n) is 3.69. The second-order valence-corrected chi connectivity index (χ2v) is 9.85. The first-order chi connectivity index (χ1) is 15.4. The zero-order valence-electron chi connectivity index (χ0n) is 18.3. The van der Waals surface area contributed by atoms with Crippen LogP contribution in [0.4, 0.5) is 18.9 Å². The molecule has 176 valence electrons. The molecule has 0 spiro atoms. The Labute approximate surface area is 190 Å².